The van der Waals surface area contributed by atoms with Crippen molar-refractivity contribution in [3.05, 3.63) is 34.2 Å². The molecule has 5 atom stereocenters. The van der Waals surface area contributed by atoms with Crippen LogP contribution < -0.4 is 10.4 Å². The molecular formula is C21H26O7P. The second-order valence-corrected chi connectivity index (χ2v) is 8.26. The van der Waals surface area contributed by atoms with Crippen LogP contribution in [0.2, 0.25) is 0 Å². The van der Waals surface area contributed by atoms with E-state index in [1.165, 1.54) is 0 Å². The number of hydrogen-bond donors (Lipinski definition) is 0. The van der Waals surface area contributed by atoms with Crippen LogP contribution in [0.15, 0.2) is 27.4 Å². The van der Waals surface area contributed by atoms with Gasteiger partial charge >= 0.3 is 5.63 Å². The number of ether oxygens (including phenoxy) is 3. The Morgan fingerprint density at radius 2 is 1.97 bits per heavy atom. The lowest BCUT2D eigenvalue weighted by molar-refractivity contribution is -0.293. The Morgan fingerprint density at radius 1 is 1.24 bits per heavy atom. The number of hydrogen-bond acceptors (Lipinski definition) is 6. The van der Waals surface area contributed by atoms with Gasteiger partial charge in [0.25, 0.3) is 0 Å². The van der Waals surface area contributed by atoms with E-state index in [-0.39, 0.29) is 29.5 Å². The van der Waals surface area contributed by atoms with Crippen LogP contribution in [0.3, 0.4) is 0 Å². The van der Waals surface area contributed by atoms with E-state index in [2.05, 4.69) is 16.4 Å². The lowest BCUT2D eigenvalue weighted by atomic mass is 9.80. The van der Waals surface area contributed by atoms with Crippen LogP contribution in [0, 0.1) is 12.8 Å². The molecule has 1 aliphatic heterocycles. The largest absolute Gasteiger partial charge is 0.462 e. The van der Waals surface area contributed by atoms with Gasteiger partial charge in [0.2, 0.25) is 6.29 Å². The molecule has 1 aromatic carbocycles. The van der Waals surface area contributed by atoms with Crippen molar-refractivity contribution in [3.8, 4) is 11.5 Å². The van der Waals surface area contributed by atoms with Crippen molar-refractivity contribution in [1.29, 1.82) is 0 Å². The molecule has 2 heterocycles. The molecule has 1 saturated carbocycles. The fraction of sp³-hybridized carbons (Fsp3) is 0.571. The van der Waals surface area contributed by atoms with Crippen molar-refractivity contribution in [3.63, 3.8) is 0 Å². The summed E-state index contributed by atoms with van der Waals surface area (Å²) in [6.45, 7) is 3.84. The van der Waals surface area contributed by atoms with Crippen molar-refractivity contribution in [1.82, 2.24) is 0 Å². The van der Waals surface area contributed by atoms with E-state index >= 15 is 0 Å². The van der Waals surface area contributed by atoms with E-state index in [0.29, 0.717) is 16.7 Å². The summed E-state index contributed by atoms with van der Waals surface area (Å²) in [4.78, 5) is 11.7. The molecular weight excluding hydrogens is 395 g/mol. The average molecular weight is 421 g/mol. The minimum atomic E-state index is -0.677. The van der Waals surface area contributed by atoms with E-state index in [1.807, 2.05) is 0 Å². The Bertz CT molecular complexity index is 950. The highest BCUT2D eigenvalue weighted by Crippen LogP contribution is 2.47. The third-order valence-electron chi connectivity index (χ3n) is 6.31. The quantitative estimate of drug-likeness (QED) is 0.545. The van der Waals surface area contributed by atoms with Gasteiger partial charge in [-0.3, -0.25) is 5.11 Å². The zero-order valence-electron chi connectivity index (χ0n) is 16.8. The van der Waals surface area contributed by atoms with Crippen molar-refractivity contribution in [2.45, 2.75) is 63.6 Å². The monoisotopic (exact) mass is 421 g/mol. The molecule has 0 bridgehead atoms. The van der Waals surface area contributed by atoms with Crippen molar-refractivity contribution in [2.75, 3.05) is 7.11 Å². The van der Waals surface area contributed by atoms with E-state index in [4.69, 9.17) is 23.2 Å². The maximum atomic E-state index is 12.1. The van der Waals surface area contributed by atoms with E-state index in [1.54, 1.807) is 26.2 Å². The third-order valence-corrected chi connectivity index (χ3v) is 6.63. The number of rotatable bonds is 4. The van der Waals surface area contributed by atoms with Crippen LogP contribution in [0.4, 0.5) is 0 Å². The summed E-state index contributed by atoms with van der Waals surface area (Å²) in [7, 11) is 4.00. The molecule has 1 aromatic heterocycles. The molecule has 1 radical (unpaired) electrons. The molecule has 2 fully saturated rings. The Balaban J connectivity index is 1.70. The molecule has 4 rings (SSSR count). The topological polar surface area (TPSA) is 87.0 Å². The first-order chi connectivity index (χ1) is 13.9. The highest BCUT2D eigenvalue weighted by molar-refractivity contribution is 7.09. The van der Waals surface area contributed by atoms with E-state index in [0.717, 1.165) is 31.7 Å². The molecule has 0 N–H and O–H groups in total. The lowest BCUT2D eigenvalue weighted by Crippen LogP contribution is -2.62. The molecule has 2 aliphatic rings. The predicted molar refractivity (Wildman–Crippen MR) is 109 cm³/mol. The average Bonchev–Trinajstić information content (AvgIpc) is 3.13. The third kappa shape index (κ3) is 3.44. The lowest BCUT2D eigenvalue weighted by Gasteiger charge is -2.50. The van der Waals surface area contributed by atoms with E-state index < -0.39 is 17.5 Å². The van der Waals surface area contributed by atoms with Gasteiger partial charge in [0, 0.05) is 28.1 Å². The highest BCUT2D eigenvalue weighted by atomic mass is 31.0. The molecule has 4 unspecified atom stereocenters. The molecule has 157 valence electrons. The van der Waals surface area contributed by atoms with Gasteiger partial charge in [-0.15, -0.1) is 0 Å². The number of fused-ring (bicyclic) bond motifs is 1. The first kappa shape index (κ1) is 20.6. The summed E-state index contributed by atoms with van der Waals surface area (Å²) in [6.07, 6.45) is 2.86. The standard InChI is InChI=1S/C21H26O7P/c1-11-15(7-6-13-14(22)10-16(23)26-17(11)13)25-20-18(28-29)12(2)19(24-3)21(27-20)8-4-5-9-21/h6-7,10,12,18-20H,4-5,8-9,29H2,1-3H3/t12-,18?,19?,20?/m0/s1. The smallest absolute Gasteiger partial charge is 0.340 e. The maximum absolute atomic E-state index is 12.1. The van der Waals surface area contributed by atoms with Gasteiger partial charge in [-0.25, -0.2) is 4.79 Å². The summed E-state index contributed by atoms with van der Waals surface area (Å²) in [5, 5.41) is 12.4. The molecule has 0 amide bonds. The zero-order chi connectivity index (χ0) is 20.8. The predicted octanol–water partition coefficient (Wildman–Crippen LogP) is 4.12. The maximum Gasteiger partial charge on any atom is 0.340 e. The molecule has 1 aliphatic carbocycles. The van der Waals surface area contributed by atoms with Gasteiger partial charge in [-0.05, 0) is 31.9 Å². The van der Waals surface area contributed by atoms with Gasteiger partial charge in [-0.1, -0.05) is 19.8 Å². The van der Waals surface area contributed by atoms with Crippen LogP contribution in [-0.4, -0.2) is 31.2 Å². The van der Waals surface area contributed by atoms with Crippen LogP contribution >= 0.6 is 9.47 Å². The highest BCUT2D eigenvalue weighted by Gasteiger charge is 2.55. The van der Waals surface area contributed by atoms with Gasteiger partial charge < -0.3 is 23.2 Å². The summed E-state index contributed by atoms with van der Waals surface area (Å²) in [5.41, 5.74) is -0.273. The minimum Gasteiger partial charge on any atom is -0.462 e. The summed E-state index contributed by atoms with van der Waals surface area (Å²) < 4.78 is 29.5. The minimum absolute atomic E-state index is 0.0429. The number of methoxy groups -OCH3 is 1. The molecule has 1 spiro atoms. The van der Waals surface area contributed by atoms with Gasteiger partial charge in [0.1, 0.15) is 17.4 Å². The second kappa shape index (κ2) is 7.88. The SMILES string of the molecule is COC1[C@@H](C)C(OP)C(Oc2ccc3c([O])cc(=O)oc3c2C)OC12CCCC2. The number of benzene rings is 1. The van der Waals surface area contributed by atoms with Crippen molar-refractivity contribution < 1.29 is 28.3 Å². The second-order valence-electron chi connectivity index (χ2n) is 7.99. The van der Waals surface area contributed by atoms with Crippen LogP contribution in [-0.2, 0) is 19.1 Å². The fourth-order valence-corrected chi connectivity index (χ4v) is 5.29. The van der Waals surface area contributed by atoms with Crippen LogP contribution in [0.25, 0.3) is 11.0 Å². The molecule has 1 saturated heterocycles. The Morgan fingerprint density at radius 3 is 2.62 bits per heavy atom. The Kier molecular flexibility index (Phi) is 5.60. The molecule has 7 nitrogen and oxygen atoms in total. The van der Waals surface area contributed by atoms with Gasteiger partial charge in [0.05, 0.1) is 23.2 Å². The molecule has 29 heavy (non-hydrogen) atoms. The van der Waals surface area contributed by atoms with Crippen LogP contribution in [0.1, 0.15) is 38.2 Å². The summed E-state index contributed by atoms with van der Waals surface area (Å²) in [6, 6.07) is 4.26. The van der Waals surface area contributed by atoms with Crippen molar-refractivity contribution in [2.24, 2.45) is 5.92 Å². The zero-order valence-corrected chi connectivity index (χ0v) is 18.0. The van der Waals surface area contributed by atoms with Gasteiger partial charge in [-0.2, -0.15) is 0 Å². The first-order valence-corrected chi connectivity index (χ1v) is 10.3. The summed E-state index contributed by atoms with van der Waals surface area (Å²) in [5.74, 6) is 0.160. The summed E-state index contributed by atoms with van der Waals surface area (Å²) >= 11 is 0. The Hall–Kier alpha value is -1.66. The first-order valence-electron chi connectivity index (χ1n) is 9.87. The normalized spacial score (nSPS) is 28.8. The van der Waals surface area contributed by atoms with Crippen molar-refractivity contribution >= 4 is 20.4 Å². The Labute approximate surface area is 171 Å². The van der Waals surface area contributed by atoms with Crippen LogP contribution in [0.5, 0.6) is 11.5 Å². The molecule has 2 aromatic rings. The van der Waals surface area contributed by atoms with Gasteiger partial charge in [0.15, 0.2) is 5.75 Å². The molecule has 8 heteroatoms. The number of aryl methyl sites for hydroxylation is 1. The van der Waals surface area contributed by atoms with E-state index in [9.17, 15) is 9.90 Å². The fourth-order valence-electron chi connectivity index (χ4n) is 4.92.